The van der Waals surface area contributed by atoms with E-state index in [1.165, 1.54) is 12.1 Å². The number of rotatable bonds is 4. The number of benzene rings is 2. The fraction of sp³-hybridized carbons (Fsp3) is 0.235. The number of nitrogens with one attached hydrogen (secondary N) is 2. The summed E-state index contributed by atoms with van der Waals surface area (Å²) in [7, 11) is 0. The van der Waals surface area contributed by atoms with Crippen molar-refractivity contribution in [2.45, 2.75) is 26.9 Å². The predicted molar refractivity (Wildman–Crippen MR) is 86.0 cm³/mol. The molecule has 2 aromatic rings. The molecule has 116 valence electrons. The predicted octanol–water partition coefficient (Wildman–Crippen LogP) is 4.57. The molecule has 0 saturated carbocycles. The van der Waals surface area contributed by atoms with Crippen molar-refractivity contribution in [1.82, 2.24) is 0 Å². The Labute approximate surface area is 129 Å². The fourth-order valence-electron chi connectivity index (χ4n) is 1.90. The molecule has 0 saturated heterocycles. The molecule has 5 heteroatoms. The summed E-state index contributed by atoms with van der Waals surface area (Å²) in [5.41, 5.74) is 1.86. The van der Waals surface area contributed by atoms with Crippen LogP contribution < -0.4 is 15.4 Å². The average Bonchev–Trinajstić information content (AvgIpc) is 2.44. The van der Waals surface area contributed by atoms with Crippen LogP contribution in [0.25, 0.3) is 0 Å². The molecule has 0 bridgehead atoms. The summed E-state index contributed by atoms with van der Waals surface area (Å²) in [6, 6.07) is 10.9. The van der Waals surface area contributed by atoms with E-state index in [1.807, 2.05) is 13.8 Å². The molecule has 2 amide bonds. The van der Waals surface area contributed by atoms with E-state index in [1.54, 1.807) is 37.3 Å². The molecule has 4 nitrogen and oxygen atoms in total. The lowest BCUT2D eigenvalue weighted by atomic mass is 10.2. The van der Waals surface area contributed by atoms with E-state index in [0.717, 1.165) is 11.3 Å². The Hall–Kier alpha value is -2.56. The smallest absolute Gasteiger partial charge is 0.323 e. The van der Waals surface area contributed by atoms with Gasteiger partial charge in [-0.15, -0.1) is 0 Å². The van der Waals surface area contributed by atoms with Gasteiger partial charge in [0.2, 0.25) is 0 Å². The molecule has 0 aromatic heterocycles. The Morgan fingerprint density at radius 2 is 1.77 bits per heavy atom. The molecule has 0 spiro atoms. The first kappa shape index (κ1) is 15.8. The van der Waals surface area contributed by atoms with E-state index in [4.69, 9.17) is 4.74 Å². The molecule has 0 fully saturated rings. The highest BCUT2D eigenvalue weighted by atomic mass is 19.1. The van der Waals surface area contributed by atoms with Crippen LogP contribution >= 0.6 is 0 Å². The zero-order valence-electron chi connectivity index (χ0n) is 12.8. The van der Waals surface area contributed by atoms with E-state index in [9.17, 15) is 9.18 Å². The van der Waals surface area contributed by atoms with Crippen LogP contribution in [0, 0.1) is 12.7 Å². The minimum atomic E-state index is -0.425. The van der Waals surface area contributed by atoms with Gasteiger partial charge in [0.15, 0.2) is 0 Å². The third-order valence-electron chi connectivity index (χ3n) is 2.93. The lowest BCUT2D eigenvalue weighted by molar-refractivity contribution is 0.242. The number of amides is 2. The van der Waals surface area contributed by atoms with Gasteiger partial charge >= 0.3 is 6.03 Å². The number of carbonyl (C=O) groups excluding carboxylic acids is 1. The number of urea groups is 1. The lowest BCUT2D eigenvalue weighted by Gasteiger charge is -2.12. The van der Waals surface area contributed by atoms with Crippen LogP contribution in [-0.2, 0) is 0 Å². The molecule has 0 unspecified atom stereocenters. The van der Waals surface area contributed by atoms with Gasteiger partial charge in [0.05, 0.1) is 6.10 Å². The molecule has 2 rings (SSSR count). The van der Waals surface area contributed by atoms with E-state index >= 15 is 0 Å². The molecule has 0 aliphatic rings. The van der Waals surface area contributed by atoms with E-state index in [-0.39, 0.29) is 6.10 Å². The summed E-state index contributed by atoms with van der Waals surface area (Å²) in [5, 5.41) is 5.31. The van der Waals surface area contributed by atoms with Gasteiger partial charge in [-0.25, -0.2) is 9.18 Å². The summed E-state index contributed by atoms with van der Waals surface area (Å²) >= 11 is 0. The fourth-order valence-corrected chi connectivity index (χ4v) is 1.90. The van der Waals surface area contributed by atoms with Crippen molar-refractivity contribution in [2.75, 3.05) is 10.6 Å². The van der Waals surface area contributed by atoms with Crippen molar-refractivity contribution >= 4 is 17.4 Å². The molecular weight excluding hydrogens is 283 g/mol. The van der Waals surface area contributed by atoms with Crippen molar-refractivity contribution in [3.8, 4) is 5.75 Å². The molecule has 0 aliphatic heterocycles. The first-order valence-corrected chi connectivity index (χ1v) is 7.05. The minimum absolute atomic E-state index is 0.0954. The van der Waals surface area contributed by atoms with Gasteiger partial charge in [0.25, 0.3) is 0 Å². The molecule has 0 radical (unpaired) electrons. The van der Waals surface area contributed by atoms with Crippen molar-refractivity contribution in [3.05, 3.63) is 53.8 Å². The first-order valence-electron chi connectivity index (χ1n) is 7.05. The Balaban J connectivity index is 1.98. The molecule has 0 heterocycles. The normalized spacial score (nSPS) is 10.4. The van der Waals surface area contributed by atoms with E-state index in [2.05, 4.69) is 10.6 Å². The zero-order valence-corrected chi connectivity index (χ0v) is 12.8. The molecule has 2 N–H and O–H groups in total. The lowest BCUT2D eigenvalue weighted by Crippen LogP contribution is -2.20. The maximum Gasteiger partial charge on any atom is 0.323 e. The number of aryl methyl sites for hydroxylation is 1. The first-order chi connectivity index (χ1) is 10.4. The van der Waals surface area contributed by atoms with E-state index in [0.29, 0.717) is 11.4 Å². The van der Waals surface area contributed by atoms with Gasteiger partial charge in [-0.1, -0.05) is 6.07 Å². The van der Waals surface area contributed by atoms with Gasteiger partial charge in [0.1, 0.15) is 11.6 Å². The van der Waals surface area contributed by atoms with Crippen LogP contribution in [0.15, 0.2) is 42.5 Å². The number of hydrogen-bond donors (Lipinski definition) is 2. The Morgan fingerprint density at radius 3 is 2.41 bits per heavy atom. The number of halogens is 1. The third kappa shape index (κ3) is 4.48. The van der Waals surface area contributed by atoms with Crippen LogP contribution in [0.5, 0.6) is 5.75 Å². The van der Waals surface area contributed by atoms with E-state index < -0.39 is 11.8 Å². The van der Waals surface area contributed by atoms with Gasteiger partial charge in [-0.3, -0.25) is 0 Å². The maximum absolute atomic E-state index is 13.2. The highest BCUT2D eigenvalue weighted by molar-refractivity contribution is 6.00. The quantitative estimate of drug-likeness (QED) is 0.869. The van der Waals surface area contributed by atoms with Crippen molar-refractivity contribution in [2.24, 2.45) is 0 Å². The number of hydrogen-bond acceptors (Lipinski definition) is 2. The minimum Gasteiger partial charge on any atom is -0.491 e. The summed E-state index contributed by atoms with van der Waals surface area (Å²) < 4.78 is 18.7. The monoisotopic (exact) mass is 302 g/mol. The van der Waals surface area contributed by atoms with Gasteiger partial charge in [-0.2, -0.15) is 0 Å². The second-order valence-corrected chi connectivity index (χ2v) is 5.23. The molecule has 0 atom stereocenters. The average molecular weight is 302 g/mol. The van der Waals surface area contributed by atoms with Crippen LogP contribution in [0.4, 0.5) is 20.6 Å². The standard InChI is InChI=1S/C17H19FN2O2/c1-11(2)22-15-8-6-14(7-9-15)19-17(21)20-16-10-13(18)5-4-12(16)3/h4-11H,1-3H3,(H2,19,20,21). The summed E-state index contributed by atoms with van der Waals surface area (Å²) in [4.78, 5) is 11.9. The van der Waals surface area contributed by atoms with Crippen LogP contribution in [0.1, 0.15) is 19.4 Å². The maximum atomic E-state index is 13.2. The third-order valence-corrected chi connectivity index (χ3v) is 2.93. The molecular formula is C17H19FN2O2. The Kier molecular flexibility index (Phi) is 4.99. The zero-order chi connectivity index (χ0) is 16.1. The van der Waals surface area contributed by atoms with Gasteiger partial charge in [-0.05, 0) is 62.7 Å². The molecule has 0 aliphatic carbocycles. The summed E-state index contributed by atoms with van der Waals surface area (Å²) in [6.45, 7) is 5.69. The van der Waals surface area contributed by atoms with Crippen molar-refractivity contribution in [3.63, 3.8) is 0 Å². The number of carbonyl (C=O) groups is 1. The van der Waals surface area contributed by atoms with Gasteiger partial charge < -0.3 is 15.4 Å². The van der Waals surface area contributed by atoms with Crippen molar-refractivity contribution < 1.29 is 13.9 Å². The highest BCUT2D eigenvalue weighted by Crippen LogP contribution is 2.19. The summed E-state index contributed by atoms with van der Waals surface area (Å²) in [5.74, 6) is 0.345. The SMILES string of the molecule is Cc1ccc(F)cc1NC(=O)Nc1ccc(OC(C)C)cc1. The Morgan fingerprint density at radius 1 is 1.09 bits per heavy atom. The highest BCUT2D eigenvalue weighted by Gasteiger charge is 2.06. The number of anilines is 2. The van der Waals surface area contributed by atoms with Crippen LogP contribution in [0.2, 0.25) is 0 Å². The van der Waals surface area contributed by atoms with Crippen LogP contribution in [0.3, 0.4) is 0 Å². The number of ether oxygens (including phenoxy) is 1. The largest absolute Gasteiger partial charge is 0.491 e. The molecule has 22 heavy (non-hydrogen) atoms. The topological polar surface area (TPSA) is 50.4 Å². The van der Waals surface area contributed by atoms with Crippen molar-refractivity contribution in [1.29, 1.82) is 0 Å². The second kappa shape index (κ2) is 6.93. The van der Waals surface area contributed by atoms with Crippen LogP contribution in [-0.4, -0.2) is 12.1 Å². The molecule has 2 aromatic carbocycles. The van der Waals surface area contributed by atoms with Gasteiger partial charge in [0, 0.05) is 11.4 Å². The second-order valence-electron chi connectivity index (χ2n) is 5.23. The summed E-state index contributed by atoms with van der Waals surface area (Å²) in [6.07, 6.45) is 0.0954. The Bertz CT molecular complexity index is 654.